The Morgan fingerprint density at radius 2 is 0.686 bits per heavy atom. The van der Waals surface area contributed by atoms with Crippen LogP contribution in [0.2, 0.25) is 0 Å². The molecule has 7 rings (SSSR count). The first-order valence-corrected chi connectivity index (χ1v) is 35.6. The third-order valence-electron chi connectivity index (χ3n) is 19.9. The first-order chi connectivity index (χ1) is 49.9. The Balaban J connectivity index is 1.07. The van der Waals surface area contributed by atoms with Gasteiger partial charge < -0.3 is 52.1 Å². The Bertz CT molecular complexity index is 3400. The van der Waals surface area contributed by atoms with Gasteiger partial charge in [-0.05, 0) is 96.5 Å². The first-order valence-electron chi connectivity index (χ1n) is 35.6. The van der Waals surface area contributed by atoms with E-state index < -0.39 is 155 Å². The highest BCUT2D eigenvalue weighted by Gasteiger charge is 2.68. The number of hydrogen-bond acceptors (Lipinski definition) is 16. The fourth-order valence-corrected chi connectivity index (χ4v) is 14.2. The van der Waals surface area contributed by atoms with Gasteiger partial charge in [-0.15, -0.1) is 0 Å². The lowest BCUT2D eigenvalue weighted by Gasteiger charge is -2.37. The summed E-state index contributed by atoms with van der Waals surface area (Å²) in [5, 5.41) is 0. The number of cyclic esters (lactones) is 1. The fraction of sp³-hybridized carbons (Fsp3) is 0.597. The van der Waals surface area contributed by atoms with Gasteiger partial charge in [0.2, 0.25) is 0 Å². The van der Waals surface area contributed by atoms with Crippen LogP contribution in [-0.4, -0.2) is 138 Å². The number of carbonyl (C=O) groups excluding carboxylic acids is 5. The number of rotatable bonds is 41. The zero-order valence-electron chi connectivity index (χ0n) is 59.7. The Morgan fingerprint density at radius 3 is 0.971 bits per heavy atom. The molecule has 3 heterocycles. The predicted octanol–water partition coefficient (Wildman–Crippen LogP) is 17.4. The molecule has 0 unspecified atom stereocenters. The predicted molar refractivity (Wildman–Crippen MR) is 357 cm³/mol. The molecule has 4 aromatic rings. The van der Waals surface area contributed by atoms with E-state index in [2.05, 4.69) is 0 Å². The van der Waals surface area contributed by atoms with Gasteiger partial charge in [-0.25, -0.2) is 24.0 Å². The molecule has 0 saturated carbocycles. The van der Waals surface area contributed by atoms with Crippen LogP contribution < -0.4 is 0 Å². The van der Waals surface area contributed by atoms with Crippen molar-refractivity contribution in [2.45, 2.75) is 264 Å². The summed E-state index contributed by atoms with van der Waals surface area (Å²) in [6.07, 6.45) is -21.4. The topological polar surface area (TPSA) is 187 Å². The molecule has 0 N–H and O–H groups in total. The Hall–Kier alpha value is -7.11. The minimum absolute atomic E-state index is 0.0310. The van der Waals surface area contributed by atoms with Crippen LogP contribution in [0.3, 0.4) is 0 Å². The molecule has 0 spiro atoms. The largest absolute Gasteiger partial charge is 0.457 e. The SMILES string of the molecule is CC[C@H](OC(=O)[C@@](OC)(c1ccccc1)C(F)(F)F)[C@@H](CCCCCC[C@H](OC(=O)[C@@](OC)(c1ccccc1)C(F)(F)F)[C@H]1CC[C@H]([C@H]2CC[C@H]([C@@H](CCCCCCCCCCCCC3=C[C@H](C)OC3=O)OC(=O)[C@@](OC)(c3ccccc3)C(F)(F)F)O2)O1)OC(=O)[C@@](OC)(c1ccccc1)C(F)(F)F. The van der Waals surface area contributed by atoms with Crippen molar-refractivity contribution in [3.8, 4) is 0 Å². The number of unbranched alkanes of at least 4 members (excludes halogenated alkanes) is 12. The highest BCUT2D eigenvalue weighted by Crippen LogP contribution is 2.49. The summed E-state index contributed by atoms with van der Waals surface area (Å²) in [4.78, 5) is 68.8. The van der Waals surface area contributed by atoms with Crippen molar-refractivity contribution >= 4 is 29.8 Å². The second-order valence-electron chi connectivity index (χ2n) is 26.6. The molecule has 105 heavy (non-hydrogen) atoms. The van der Waals surface area contributed by atoms with E-state index in [1.165, 1.54) is 79.7 Å². The Morgan fingerprint density at radius 1 is 0.400 bits per heavy atom. The van der Waals surface area contributed by atoms with E-state index in [9.17, 15) is 24.0 Å². The number of carbonyl (C=O) groups is 5. The molecular weight excluding hydrogens is 1410 g/mol. The van der Waals surface area contributed by atoms with Gasteiger partial charge in [0, 0.05) is 56.3 Å². The summed E-state index contributed by atoms with van der Waals surface area (Å²) >= 11 is 0. The fourth-order valence-electron chi connectivity index (χ4n) is 14.2. The zero-order valence-corrected chi connectivity index (χ0v) is 59.7. The molecule has 582 valence electrons. The first kappa shape index (κ1) is 85.1. The molecule has 0 aromatic heterocycles. The van der Waals surface area contributed by atoms with Gasteiger partial charge in [0.05, 0.1) is 24.4 Å². The van der Waals surface area contributed by atoms with E-state index >= 15 is 52.7 Å². The molecule has 4 aromatic carbocycles. The summed E-state index contributed by atoms with van der Waals surface area (Å²) in [7, 11) is 2.64. The van der Waals surface area contributed by atoms with E-state index in [0.29, 0.717) is 46.2 Å². The van der Waals surface area contributed by atoms with Gasteiger partial charge in [-0.2, -0.15) is 52.7 Å². The average Bonchev–Trinajstić information content (AvgIpc) is 1.03. The second-order valence-corrected chi connectivity index (χ2v) is 26.6. The van der Waals surface area contributed by atoms with Gasteiger partial charge in [0.15, 0.2) is 0 Å². The van der Waals surface area contributed by atoms with E-state index in [4.69, 9.17) is 52.1 Å². The standard InChI is InChI=1S/C77H94F12O16/c1-7-57(102-66(91)70(95-3,74(78,79)80)53-35-23-18-24-36-53)58(103-67(92)71(96-4,75(81,82)83)54-37-25-19-26-38-54)43-32-16-17-33-45-60(105-69(94)73(98-6,77(87,88)89)56-41-29-21-30-42-56)62-47-49-64(101-62)63-48-46-61(100-63)59(104-68(93)72(97-5,76(84,85)86)55-39-27-20-28-40-55)44-31-15-13-11-9-8-10-12-14-22-34-52-50-51(2)99-65(52)90/h18-21,23-30,35-42,50-51,57-64H,7-17,22,31-34,43-49H2,1-6H3/t51-,57-,58+,59+,60-,61+,62+,63+,64+,70-,71-,72-,73-/m0/s1. The molecule has 0 amide bonds. The normalized spacial score (nSPS) is 21.5. The molecule has 0 aliphatic carbocycles. The number of methoxy groups -OCH3 is 4. The number of esters is 5. The van der Waals surface area contributed by atoms with Gasteiger partial charge >= 0.3 is 54.6 Å². The summed E-state index contributed by atoms with van der Waals surface area (Å²) in [6, 6.07) is 23.6. The van der Waals surface area contributed by atoms with Crippen molar-refractivity contribution in [3.63, 3.8) is 0 Å². The highest BCUT2D eigenvalue weighted by molar-refractivity contribution is 5.91. The van der Waals surface area contributed by atoms with Crippen LogP contribution >= 0.6 is 0 Å². The molecule has 13 atom stereocenters. The van der Waals surface area contributed by atoms with Crippen LogP contribution in [0.1, 0.15) is 184 Å². The molecule has 28 heteroatoms. The van der Waals surface area contributed by atoms with Crippen LogP contribution in [0.4, 0.5) is 52.7 Å². The van der Waals surface area contributed by atoms with Gasteiger partial charge in [-0.3, -0.25) is 0 Å². The van der Waals surface area contributed by atoms with Crippen molar-refractivity contribution in [3.05, 3.63) is 155 Å². The number of alkyl halides is 12. The van der Waals surface area contributed by atoms with Crippen molar-refractivity contribution in [2.75, 3.05) is 28.4 Å². The summed E-state index contributed by atoms with van der Waals surface area (Å²) in [5.41, 5.74) is -16.6. The highest BCUT2D eigenvalue weighted by atomic mass is 19.4. The molecule has 0 radical (unpaired) electrons. The molecular formula is C77H94F12O16. The number of ether oxygens (including phenoxy) is 11. The maximum absolute atomic E-state index is 15.4. The molecule has 3 aliphatic rings. The lowest BCUT2D eigenvalue weighted by molar-refractivity contribution is -0.285. The third kappa shape index (κ3) is 20.0. The summed E-state index contributed by atoms with van der Waals surface area (Å²) in [5.74, 6) is -7.91. The molecule has 2 saturated heterocycles. The van der Waals surface area contributed by atoms with Crippen molar-refractivity contribution in [1.29, 1.82) is 0 Å². The van der Waals surface area contributed by atoms with Crippen LogP contribution in [0.5, 0.6) is 0 Å². The van der Waals surface area contributed by atoms with E-state index in [-0.39, 0.29) is 76.3 Å². The zero-order chi connectivity index (χ0) is 76.9. The lowest BCUT2D eigenvalue weighted by atomic mass is 9.92. The number of benzene rings is 4. The maximum Gasteiger partial charge on any atom is 0.432 e. The monoisotopic (exact) mass is 1500 g/mol. The average molecular weight is 1500 g/mol. The number of hydrogen-bond donors (Lipinski definition) is 0. The minimum Gasteiger partial charge on any atom is -0.457 e. The minimum atomic E-state index is -5.52. The smallest absolute Gasteiger partial charge is 0.432 e. The van der Waals surface area contributed by atoms with E-state index in [0.717, 1.165) is 107 Å². The Kier molecular flexibility index (Phi) is 30.9. The third-order valence-corrected chi connectivity index (χ3v) is 19.9. The van der Waals surface area contributed by atoms with Crippen molar-refractivity contribution in [2.24, 2.45) is 0 Å². The van der Waals surface area contributed by atoms with E-state index in [1.807, 2.05) is 13.0 Å². The van der Waals surface area contributed by atoms with Crippen LogP contribution in [0, 0.1) is 0 Å². The summed E-state index contributed by atoms with van der Waals surface area (Å²) in [6.45, 7) is 3.14. The van der Waals surface area contributed by atoms with E-state index in [1.54, 1.807) is 0 Å². The molecule has 3 aliphatic heterocycles. The molecule has 16 nitrogen and oxygen atoms in total. The van der Waals surface area contributed by atoms with Crippen LogP contribution in [0.15, 0.2) is 133 Å². The molecule has 0 bridgehead atoms. The lowest BCUT2D eigenvalue weighted by Crippen LogP contribution is -2.55. The van der Waals surface area contributed by atoms with Crippen molar-refractivity contribution < 1.29 is 129 Å². The molecule has 2 fully saturated rings. The quantitative estimate of drug-likeness (QED) is 0.0177. The van der Waals surface area contributed by atoms with Crippen LogP contribution in [0.25, 0.3) is 0 Å². The Labute approximate surface area is 603 Å². The van der Waals surface area contributed by atoms with Crippen LogP contribution in [-0.2, 0) is 98.5 Å². The van der Waals surface area contributed by atoms with Crippen molar-refractivity contribution in [1.82, 2.24) is 0 Å². The second kappa shape index (κ2) is 38.1. The summed E-state index contributed by atoms with van der Waals surface area (Å²) < 4.78 is 244. The van der Waals surface area contributed by atoms with Gasteiger partial charge in [0.1, 0.15) is 30.5 Å². The van der Waals surface area contributed by atoms with Gasteiger partial charge in [0.25, 0.3) is 22.4 Å². The van der Waals surface area contributed by atoms with Gasteiger partial charge in [-0.1, -0.05) is 192 Å². The number of halogens is 12. The maximum atomic E-state index is 15.4.